The van der Waals surface area contributed by atoms with Crippen LogP contribution in [-0.4, -0.2) is 55.1 Å². The van der Waals surface area contributed by atoms with Crippen LogP contribution < -0.4 is 15.4 Å². The van der Waals surface area contributed by atoms with Gasteiger partial charge in [0.25, 0.3) is 0 Å². The topological polar surface area (TPSA) is 96.5 Å². The molecule has 166 valence electrons. The van der Waals surface area contributed by atoms with Crippen molar-refractivity contribution in [2.75, 3.05) is 33.9 Å². The van der Waals surface area contributed by atoms with Gasteiger partial charge in [0.15, 0.2) is 11.8 Å². The number of benzene rings is 1. The van der Waals surface area contributed by atoms with E-state index >= 15 is 0 Å². The lowest BCUT2D eigenvalue weighted by atomic mass is 9.67. The molecule has 0 atom stereocenters. The molecule has 1 heterocycles. The molecule has 2 aromatic rings. The fraction of sp³-hybridized carbons (Fsp3) is 0.571. The molecular weight excluding hydrogens is 495 g/mol. The van der Waals surface area contributed by atoms with Crippen LogP contribution in [0.15, 0.2) is 29.3 Å². The van der Waals surface area contributed by atoms with E-state index in [2.05, 4.69) is 37.7 Å². The molecule has 1 aromatic carbocycles. The predicted octanol–water partition coefficient (Wildman–Crippen LogP) is 3.36. The van der Waals surface area contributed by atoms with E-state index in [1.807, 2.05) is 24.3 Å². The van der Waals surface area contributed by atoms with Crippen molar-refractivity contribution in [2.24, 2.45) is 10.4 Å². The second-order valence-electron chi connectivity index (χ2n) is 7.48. The largest absolute Gasteiger partial charge is 0.497 e. The number of rotatable bonds is 10. The van der Waals surface area contributed by atoms with Crippen molar-refractivity contribution in [2.45, 2.75) is 39.2 Å². The number of nitrogens with one attached hydrogen (secondary N) is 3. The number of methoxy groups -OCH3 is 2. The van der Waals surface area contributed by atoms with Gasteiger partial charge in [-0.15, -0.1) is 24.0 Å². The maximum Gasteiger partial charge on any atom is 0.191 e. The third-order valence-corrected chi connectivity index (χ3v) is 5.49. The van der Waals surface area contributed by atoms with Gasteiger partial charge in [-0.3, -0.25) is 5.10 Å². The van der Waals surface area contributed by atoms with Gasteiger partial charge in [-0.05, 0) is 55.9 Å². The van der Waals surface area contributed by atoms with Crippen LogP contribution in [0, 0.1) is 5.41 Å². The van der Waals surface area contributed by atoms with Gasteiger partial charge in [0, 0.05) is 32.4 Å². The fourth-order valence-electron chi connectivity index (χ4n) is 3.51. The van der Waals surface area contributed by atoms with Crippen molar-refractivity contribution in [1.29, 1.82) is 0 Å². The average Bonchev–Trinajstić information content (AvgIpc) is 3.20. The molecule has 8 nitrogen and oxygen atoms in total. The molecule has 0 aliphatic heterocycles. The minimum Gasteiger partial charge on any atom is -0.497 e. The van der Waals surface area contributed by atoms with Gasteiger partial charge in [0.2, 0.25) is 0 Å². The van der Waals surface area contributed by atoms with E-state index in [4.69, 9.17) is 9.47 Å². The van der Waals surface area contributed by atoms with Crippen LogP contribution >= 0.6 is 24.0 Å². The van der Waals surface area contributed by atoms with E-state index in [0.717, 1.165) is 49.2 Å². The van der Waals surface area contributed by atoms with E-state index in [-0.39, 0.29) is 24.0 Å². The summed E-state index contributed by atoms with van der Waals surface area (Å²) in [5, 5.41) is 14.1. The van der Waals surface area contributed by atoms with Crippen molar-refractivity contribution < 1.29 is 9.47 Å². The molecule has 1 aliphatic rings. The summed E-state index contributed by atoms with van der Waals surface area (Å²) in [6, 6.07) is 7.69. The van der Waals surface area contributed by atoms with E-state index in [1.54, 1.807) is 14.2 Å². The lowest BCUT2D eigenvalue weighted by Crippen LogP contribution is -2.47. The van der Waals surface area contributed by atoms with Crippen LogP contribution in [0.2, 0.25) is 0 Å². The first-order valence-corrected chi connectivity index (χ1v) is 10.2. The zero-order valence-electron chi connectivity index (χ0n) is 18.0. The predicted molar refractivity (Wildman–Crippen MR) is 129 cm³/mol. The molecule has 0 unspecified atom stereocenters. The Morgan fingerprint density at radius 1 is 1.20 bits per heavy atom. The van der Waals surface area contributed by atoms with Crippen LogP contribution in [0.1, 0.15) is 38.4 Å². The van der Waals surface area contributed by atoms with Crippen LogP contribution in [-0.2, 0) is 11.3 Å². The molecule has 1 saturated carbocycles. The molecule has 3 N–H and O–H groups in total. The standard InChI is InChI=1S/C21H32N6O2.HI/c1-4-22-20(24-15-21(10-5-11-21)12-13-28-2)23-14-18-25-19(27-26-18)16-6-8-17(29-3)9-7-16;/h6-9H,4-5,10-15H2,1-3H3,(H2,22,23,24)(H,25,26,27);1H. The zero-order chi connectivity index (χ0) is 20.5. The summed E-state index contributed by atoms with van der Waals surface area (Å²) in [6.45, 7) is 5.03. The first-order chi connectivity index (χ1) is 14.2. The normalized spacial score (nSPS) is 15.1. The molecule has 3 rings (SSSR count). The van der Waals surface area contributed by atoms with Gasteiger partial charge in [-0.2, -0.15) is 5.10 Å². The van der Waals surface area contributed by atoms with Gasteiger partial charge in [0.1, 0.15) is 18.1 Å². The summed E-state index contributed by atoms with van der Waals surface area (Å²) in [7, 11) is 3.42. The molecule has 1 aliphatic carbocycles. The molecular formula is C21H33IN6O2. The Kier molecular flexibility index (Phi) is 9.83. The summed E-state index contributed by atoms with van der Waals surface area (Å²) >= 11 is 0. The monoisotopic (exact) mass is 528 g/mol. The Labute approximate surface area is 195 Å². The number of H-pyrrole nitrogens is 1. The lowest BCUT2D eigenvalue weighted by Gasteiger charge is -2.42. The molecule has 0 saturated heterocycles. The van der Waals surface area contributed by atoms with E-state index in [0.29, 0.717) is 17.8 Å². The Hall–Kier alpha value is -1.88. The van der Waals surface area contributed by atoms with Crippen LogP contribution in [0.5, 0.6) is 5.75 Å². The molecule has 1 aromatic heterocycles. The van der Waals surface area contributed by atoms with Crippen LogP contribution in [0.4, 0.5) is 0 Å². The second kappa shape index (κ2) is 12.1. The van der Waals surface area contributed by atoms with E-state index in [9.17, 15) is 0 Å². The summed E-state index contributed by atoms with van der Waals surface area (Å²) in [5.74, 6) is 3.00. The number of hydrogen-bond donors (Lipinski definition) is 3. The third kappa shape index (κ3) is 6.56. The molecule has 0 spiro atoms. The fourth-order valence-corrected chi connectivity index (χ4v) is 3.51. The van der Waals surface area contributed by atoms with Crippen LogP contribution in [0.25, 0.3) is 11.4 Å². The highest BCUT2D eigenvalue weighted by Crippen LogP contribution is 2.43. The zero-order valence-corrected chi connectivity index (χ0v) is 20.4. The van der Waals surface area contributed by atoms with Crippen molar-refractivity contribution in [3.8, 4) is 17.1 Å². The van der Waals surface area contributed by atoms with Gasteiger partial charge >= 0.3 is 0 Å². The van der Waals surface area contributed by atoms with E-state index in [1.165, 1.54) is 19.3 Å². The SMILES string of the molecule is CCNC(=NCc1nc(-c2ccc(OC)cc2)n[nH]1)NCC1(CCOC)CCC1.I. The van der Waals surface area contributed by atoms with Crippen molar-refractivity contribution in [3.63, 3.8) is 0 Å². The van der Waals surface area contributed by atoms with Crippen LogP contribution in [0.3, 0.4) is 0 Å². The number of hydrogen-bond acceptors (Lipinski definition) is 5. The summed E-state index contributed by atoms with van der Waals surface area (Å²) in [4.78, 5) is 9.23. The number of ether oxygens (including phenoxy) is 2. The van der Waals surface area contributed by atoms with Crippen molar-refractivity contribution in [3.05, 3.63) is 30.1 Å². The minimum absolute atomic E-state index is 0. The van der Waals surface area contributed by atoms with Crippen molar-refractivity contribution >= 4 is 29.9 Å². The van der Waals surface area contributed by atoms with Gasteiger partial charge < -0.3 is 20.1 Å². The number of aromatic nitrogens is 3. The maximum atomic E-state index is 5.28. The lowest BCUT2D eigenvalue weighted by molar-refractivity contribution is 0.0732. The number of guanidine groups is 1. The summed E-state index contributed by atoms with van der Waals surface area (Å²) in [5.41, 5.74) is 1.27. The molecule has 0 bridgehead atoms. The molecule has 30 heavy (non-hydrogen) atoms. The third-order valence-electron chi connectivity index (χ3n) is 5.49. The molecule has 0 amide bonds. The average molecular weight is 528 g/mol. The molecule has 1 fully saturated rings. The number of nitrogens with zero attached hydrogens (tertiary/aromatic N) is 3. The first kappa shape index (κ1) is 24.4. The Morgan fingerprint density at radius 2 is 1.97 bits per heavy atom. The molecule has 9 heteroatoms. The van der Waals surface area contributed by atoms with Crippen molar-refractivity contribution in [1.82, 2.24) is 25.8 Å². The highest BCUT2D eigenvalue weighted by Gasteiger charge is 2.36. The molecule has 0 radical (unpaired) electrons. The van der Waals surface area contributed by atoms with Gasteiger partial charge in [-0.1, -0.05) is 6.42 Å². The van der Waals surface area contributed by atoms with Gasteiger partial charge in [0.05, 0.1) is 7.11 Å². The summed E-state index contributed by atoms with van der Waals surface area (Å²) in [6.07, 6.45) is 4.88. The number of halogens is 1. The van der Waals surface area contributed by atoms with E-state index < -0.39 is 0 Å². The van der Waals surface area contributed by atoms with Gasteiger partial charge in [-0.25, -0.2) is 9.98 Å². The highest BCUT2D eigenvalue weighted by molar-refractivity contribution is 14.0. The Bertz CT molecular complexity index is 789. The number of aliphatic imine (C=N–C) groups is 1. The first-order valence-electron chi connectivity index (χ1n) is 10.2. The quantitative estimate of drug-likeness (QED) is 0.249. The maximum absolute atomic E-state index is 5.28. The Balaban J connectivity index is 0.00000320. The Morgan fingerprint density at radius 3 is 2.57 bits per heavy atom. The second-order valence-corrected chi connectivity index (χ2v) is 7.48. The minimum atomic E-state index is 0. The highest BCUT2D eigenvalue weighted by atomic mass is 127. The smallest absolute Gasteiger partial charge is 0.191 e. The summed E-state index contributed by atoms with van der Waals surface area (Å²) < 4.78 is 10.5. The number of aromatic amines is 1.